The highest BCUT2D eigenvalue weighted by Crippen LogP contribution is 2.37. The van der Waals surface area contributed by atoms with Gasteiger partial charge in [-0.25, -0.2) is 9.59 Å². The molecule has 0 saturated heterocycles. The molecule has 6 nitrogen and oxygen atoms in total. The maximum Gasteiger partial charge on any atom is 0.411 e. The summed E-state index contributed by atoms with van der Waals surface area (Å²) in [7, 11) is 2.68. The average molecular weight is 461 g/mol. The highest BCUT2D eigenvalue weighted by Gasteiger charge is 2.28. The van der Waals surface area contributed by atoms with Crippen molar-refractivity contribution in [2.24, 2.45) is 0 Å². The Morgan fingerprint density at radius 3 is 1.26 bits per heavy atom. The van der Waals surface area contributed by atoms with E-state index in [1.54, 1.807) is 0 Å². The average Bonchev–Trinajstić information content (AvgIpc) is 2.84. The van der Waals surface area contributed by atoms with E-state index in [4.69, 9.17) is 0 Å². The molecule has 2 amide bonds. The number of methoxy groups -OCH3 is 2. The fourth-order valence-electron chi connectivity index (χ4n) is 3.91. The second kappa shape index (κ2) is 10.00. The second-order valence-electron chi connectivity index (χ2n) is 9.22. The van der Waals surface area contributed by atoms with E-state index in [0.717, 1.165) is 11.1 Å². The highest BCUT2D eigenvalue weighted by atomic mass is 16.5. The largest absolute Gasteiger partial charge is 0.453 e. The van der Waals surface area contributed by atoms with Gasteiger partial charge < -0.3 is 9.47 Å². The Morgan fingerprint density at radius 2 is 0.941 bits per heavy atom. The molecule has 3 aromatic carbocycles. The number of hydrogen-bond acceptors (Lipinski definition) is 4. The number of carbonyl (C=O) groups excluding carboxylic acids is 2. The van der Waals surface area contributed by atoms with Crippen molar-refractivity contribution >= 4 is 23.6 Å². The molecule has 6 heteroatoms. The first-order valence-electron chi connectivity index (χ1n) is 11.1. The standard InChI is InChI=1S/C28H32N2O4/c1-27(2,19-10-14-23(15-11-19)29-25(31)33-5)21-8-7-9-22(18-21)28(3,4)20-12-16-24(17-13-20)30-26(32)34-6/h7-18H,1-6H3,(H,29,31)(H,30,32). The minimum Gasteiger partial charge on any atom is -0.453 e. The van der Waals surface area contributed by atoms with Gasteiger partial charge in [-0.3, -0.25) is 10.6 Å². The van der Waals surface area contributed by atoms with E-state index in [1.807, 2.05) is 48.5 Å². The van der Waals surface area contributed by atoms with Crippen molar-refractivity contribution in [1.29, 1.82) is 0 Å². The molecule has 0 atom stereocenters. The van der Waals surface area contributed by atoms with Crippen molar-refractivity contribution in [3.63, 3.8) is 0 Å². The Morgan fingerprint density at radius 1 is 0.588 bits per heavy atom. The van der Waals surface area contributed by atoms with Crippen LogP contribution in [0.1, 0.15) is 49.9 Å². The van der Waals surface area contributed by atoms with Crippen LogP contribution in [0.2, 0.25) is 0 Å². The number of carbonyl (C=O) groups is 2. The summed E-state index contributed by atoms with van der Waals surface area (Å²) < 4.78 is 9.31. The summed E-state index contributed by atoms with van der Waals surface area (Å²) >= 11 is 0. The maximum absolute atomic E-state index is 11.5. The van der Waals surface area contributed by atoms with Gasteiger partial charge in [0.25, 0.3) is 0 Å². The maximum atomic E-state index is 11.5. The number of amides is 2. The van der Waals surface area contributed by atoms with Gasteiger partial charge in [0.05, 0.1) is 14.2 Å². The van der Waals surface area contributed by atoms with Crippen LogP contribution in [-0.2, 0) is 20.3 Å². The van der Waals surface area contributed by atoms with Gasteiger partial charge >= 0.3 is 12.2 Å². The first-order valence-corrected chi connectivity index (χ1v) is 11.1. The fourth-order valence-corrected chi connectivity index (χ4v) is 3.91. The molecular weight excluding hydrogens is 428 g/mol. The van der Waals surface area contributed by atoms with E-state index in [2.05, 4.69) is 72.1 Å². The minimum atomic E-state index is -0.490. The lowest BCUT2D eigenvalue weighted by molar-refractivity contribution is 0.186. The smallest absolute Gasteiger partial charge is 0.411 e. The third kappa shape index (κ3) is 5.39. The number of ether oxygens (including phenoxy) is 2. The summed E-state index contributed by atoms with van der Waals surface area (Å²) in [6.45, 7) is 8.76. The third-order valence-electron chi connectivity index (χ3n) is 6.38. The van der Waals surface area contributed by atoms with Gasteiger partial charge in [0, 0.05) is 22.2 Å². The quantitative estimate of drug-likeness (QED) is 0.429. The van der Waals surface area contributed by atoms with Gasteiger partial charge in [0.1, 0.15) is 0 Å². The number of anilines is 2. The molecule has 0 heterocycles. The van der Waals surface area contributed by atoms with Crippen molar-refractivity contribution in [3.8, 4) is 0 Å². The monoisotopic (exact) mass is 460 g/mol. The van der Waals surface area contributed by atoms with Crippen LogP contribution in [0.15, 0.2) is 72.8 Å². The zero-order valence-corrected chi connectivity index (χ0v) is 20.6. The zero-order chi connectivity index (χ0) is 24.9. The molecule has 0 bridgehead atoms. The van der Waals surface area contributed by atoms with E-state index in [0.29, 0.717) is 11.4 Å². The van der Waals surface area contributed by atoms with E-state index < -0.39 is 12.2 Å². The van der Waals surface area contributed by atoms with Crippen LogP contribution in [0.3, 0.4) is 0 Å². The lowest BCUT2D eigenvalue weighted by Crippen LogP contribution is -2.23. The molecule has 3 aromatic rings. The summed E-state index contributed by atoms with van der Waals surface area (Å²) in [6, 6.07) is 24.2. The number of nitrogens with one attached hydrogen (secondary N) is 2. The SMILES string of the molecule is COC(=O)Nc1ccc(C(C)(C)c2cccc(C(C)(C)c3ccc(NC(=O)OC)cc3)c2)cc1. The number of hydrogen-bond donors (Lipinski definition) is 2. The van der Waals surface area contributed by atoms with E-state index in [-0.39, 0.29) is 10.8 Å². The van der Waals surface area contributed by atoms with Crippen molar-refractivity contribution in [2.45, 2.75) is 38.5 Å². The molecular formula is C28H32N2O4. The Hall–Kier alpha value is -3.80. The van der Waals surface area contributed by atoms with Gasteiger partial charge in [-0.15, -0.1) is 0 Å². The predicted molar refractivity (Wildman–Crippen MR) is 136 cm³/mol. The molecule has 2 N–H and O–H groups in total. The predicted octanol–water partition coefficient (Wildman–Crippen LogP) is 6.70. The molecule has 34 heavy (non-hydrogen) atoms. The number of benzene rings is 3. The second-order valence-corrected chi connectivity index (χ2v) is 9.22. The normalized spacial score (nSPS) is 11.5. The lowest BCUT2D eigenvalue weighted by atomic mass is 9.73. The van der Waals surface area contributed by atoms with Gasteiger partial charge in [-0.2, -0.15) is 0 Å². The van der Waals surface area contributed by atoms with Crippen LogP contribution in [-0.4, -0.2) is 26.4 Å². The van der Waals surface area contributed by atoms with Crippen molar-refractivity contribution < 1.29 is 19.1 Å². The fraction of sp³-hybridized carbons (Fsp3) is 0.286. The van der Waals surface area contributed by atoms with Crippen molar-refractivity contribution in [2.75, 3.05) is 24.9 Å². The molecule has 0 aliphatic rings. The third-order valence-corrected chi connectivity index (χ3v) is 6.38. The summed E-state index contributed by atoms with van der Waals surface area (Å²) in [6.07, 6.45) is -0.980. The Kier molecular flexibility index (Phi) is 7.30. The molecule has 0 unspecified atom stereocenters. The van der Waals surface area contributed by atoms with Gasteiger partial charge in [0.15, 0.2) is 0 Å². The van der Waals surface area contributed by atoms with Gasteiger partial charge in [0.2, 0.25) is 0 Å². The molecule has 0 aliphatic carbocycles. The van der Waals surface area contributed by atoms with E-state index >= 15 is 0 Å². The summed E-state index contributed by atoms with van der Waals surface area (Å²) in [5.74, 6) is 0. The van der Waals surface area contributed by atoms with Crippen LogP contribution in [0, 0.1) is 0 Å². The molecule has 0 radical (unpaired) electrons. The van der Waals surface area contributed by atoms with E-state index in [9.17, 15) is 9.59 Å². The van der Waals surface area contributed by atoms with Gasteiger partial charge in [-0.1, -0.05) is 76.2 Å². The molecule has 0 aromatic heterocycles. The van der Waals surface area contributed by atoms with Gasteiger partial charge in [-0.05, 0) is 46.5 Å². The Labute approximate surface area is 201 Å². The molecule has 3 rings (SSSR count). The molecule has 178 valence electrons. The highest BCUT2D eigenvalue weighted by molar-refractivity contribution is 5.85. The van der Waals surface area contributed by atoms with Crippen LogP contribution >= 0.6 is 0 Å². The van der Waals surface area contributed by atoms with Crippen LogP contribution in [0.25, 0.3) is 0 Å². The van der Waals surface area contributed by atoms with E-state index in [1.165, 1.54) is 25.3 Å². The van der Waals surface area contributed by atoms with Crippen LogP contribution in [0.5, 0.6) is 0 Å². The number of rotatable bonds is 6. The van der Waals surface area contributed by atoms with Crippen molar-refractivity contribution in [3.05, 3.63) is 95.1 Å². The topological polar surface area (TPSA) is 76.7 Å². The molecule has 0 fully saturated rings. The Bertz CT molecular complexity index is 1060. The summed E-state index contributed by atoms with van der Waals surface area (Å²) in [5, 5.41) is 5.37. The molecule has 0 aliphatic heterocycles. The molecule has 0 spiro atoms. The van der Waals surface area contributed by atoms with Crippen molar-refractivity contribution in [1.82, 2.24) is 0 Å². The summed E-state index contributed by atoms with van der Waals surface area (Å²) in [5.41, 5.74) is 5.53. The Balaban J connectivity index is 1.86. The first-order chi connectivity index (χ1) is 16.1. The zero-order valence-electron chi connectivity index (χ0n) is 20.6. The minimum absolute atomic E-state index is 0.246. The van der Waals surface area contributed by atoms with Crippen LogP contribution in [0.4, 0.5) is 21.0 Å². The van der Waals surface area contributed by atoms with Crippen LogP contribution < -0.4 is 10.6 Å². The lowest BCUT2D eigenvalue weighted by Gasteiger charge is -2.31. The first kappa shape index (κ1) is 24.8. The molecule has 0 saturated carbocycles. The summed E-state index contributed by atoms with van der Waals surface area (Å²) in [4.78, 5) is 22.9.